The number of hydrogen-bond acceptors (Lipinski definition) is 2. The highest BCUT2D eigenvalue weighted by Gasteiger charge is 2.20. The van der Waals surface area contributed by atoms with E-state index in [1.54, 1.807) is 4.90 Å². The molecule has 17 heavy (non-hydrogen) atoms. The number of rotatable bonds is 4. The Morgan fingerprint density at radius 1 is 1.41 bits per heavy atom. The first kappa shape index (κ1) is 12.2. The second-order valence-corrected chi connectivity index (χ2v) is 5.12. The van der Waals surface area contributed by atoms with Crippen LogP contribution in [0, 0.1) is 12.8 Å². The topological polar surface area (TPSA) is 33.5 Å². The minimum absolute atomic E-state index is 0.242. The van der Waals surface area contributed by atoms with Crippen LogP contribution in [0.5, 0.6) is 0 Å². The van der Waals surface area contributed by atoms with Crippen molar-refractivity contribution in [3.05, 3.63) is 23.7 Å². The van der Waals surface area contributed by atoms with Gasteiger partial charge in [0.25, 0.3) is 0 Å². The van der Waals surface area contributed by atoms with Crippen molar-refractivity contribution in [1.29, 1.82) is 0 Å². The molecule has 0 N–H and O–H groups in total. The summed E-state index contributed by atoms with van der Waals surface area (Å²) in [5.74, 6) is 2.62. The second-order valence-electron chi connectivity index (χ2n) is 5.12. The lowest BCUT2D eigenvalue weighted by atomic mass is 10.0. The van der Waals surface area contributed by atoms with Gasteiger partial charge in [-0.2, -0.15) is 0 Å². The Hall–Kier alpha value is -1.25. The maximum absolute atomic E-state index is 12.0. The van der Waals surface area contributed by atoms with Gasteiger partial charge in [-0.1, -0.05) is 12.8 Å². The molecular formula is C14H21NO2. The van der Waals surface area contributed by atoms with E-state index in [2.05, 4.69) is 0 Å². The Bertz CT molecular complexity index is 377. The number of hydrogen-bond donors (Lipinski definition) is 0. The van der Waals surface area contributed by atoms with Crippen molar-refractivity contribution < 1.29 is 9.21 Å². The minimum atomic E-state index is 0.242. The third kappa shape index (κ3) is 3.35. The van der Waals surface area contributed by atoms with E-state index < -0.39 is 0 Å². The normalized spacial score (nSPS) is 16.4. The number of amides is 1. The van der Waals surface area contributed by atoms with Gasteiger partial charge in [0.1, 0.15) is 11.5 Å². The lowest BCUT2D eigenvalue weighted by Crippen LogP contribution is -2.27. The molecule has 0 aromatic carbocycles. The Kier molecular flexibility index (Phi) is 3.87. The first-order valence-corrected chi connectivity index (χ1v) is 6.44. The van der Waals surface area contributed by atoms with Crippen LogP contribution in [0.3, 0.4) is 0 Å². The quantitative estimate of drug-likeness (QED) is 0.803. The average Bonchev–Trinajstić information content (AvgIpc) is 2.90. The van der Waals surface area contributed by atoms with Crippen LogP contribution in [-0.2, 0) is 11.3 Å². The summed E-state index contributed by atoms with van der Waals surface area (Å²) in [6.07, 6.45) is 5.73. The monoisotopic (exact) mass is 235 g/mol. The standard InChI is InChI=1S/C14H21NO2/c1-11-7-8-13(17-11)10-15(2)14(16)9-12-5-3-4-6-12/h7-8,12H,3-6,9-10H2,1-2H3. The van der Waals surface area contributed by atoms with E-state index in [-0.39, 0.29) is 5.91 Å². The molecule has 1 aliphatic carbocycles. The summed E-state index contributed by atoms with van der Waals surface area (Å²) in [7, 11) is 1.86. The molecule has 1 fully saturated rings. The van der Waals surface area contributed by atoms with Crippen LogP contribution in [0.4, 0.5) is 0 Å². The highest BCUT2D eigenvalue weighted by Crippen LogP contribution is 2.28. The molecule has 1 aliphatic rings. The van der Waals surface area contributed by atoms with Gasteiger partial charge in [-0.3, -0.25) is 4.79 Å². The third-order valence-corrected chi connectivity index (χ3v) is 3.55. The summed E-state index contributed by atoms with van der Waals surface area (Å²) < 4.78 is 5.48. The summed E-state index contributed by atoms with van der Waals surface area (Å²) in [5.41, 5.74) is 0. The van der Waals surface area contributed by atoms with Gasteiger partial charge < -0.3 is 9.32 Å². The second kappa shape index (κ2) is 5.39. The number of carbonyl (C=O) groups is 1. The summed E-state index contributed by atoms with van der Waals surface area (Å²) in [6.45, 7) is 2.50. The SMILES string of the molecule is Cc1ccc(CN(C)C(=O)CC2CCCC2)o1. The maximum atomic E-state index is 12.0. The summed E-state index contributed by atoms with van der Waals surface area (Å²) in [5, 5.41) is 0. The van der Waals surface area contributed by atoms with Crippen LogP contribution in [0.1, 0.15) is 43.6 Å². The van der Waals surface area contributed by atoms with Crippen molar-refractivity contribution in [3.63, 3.8) is 0 Å². The Labute approximate surface area is 103 Å². The molecule has 1 saturated carbocycles. The Morgan fingerprint density at radius 3 is 2.71 bits per heavy atom. The van der Waals surface area contributed by atoms with Crippen LogP contribution in [0.2, 0.25) is 0 Å². The zero-order valence-corrected chi connectivity index (χ0v) is 10.7. The number of furan rings is 1. The van der Waals surface area contributed by atoms with E-state index in [0.717, 1.165) is 11.5 Å². The summed E-state index contributed by atoms with van der Waals surface area (Å²) >= 11 is 0. The average molecular weight is 235 g/mol. The fourth-order valence-corrected chi connectivity index (χ4v) is 2.51. The van der Waals surface area contributed by atoms with Crippen LogP contribution in [-0.4, -0.2) is 17.9 Å². The van der Waals surface area contributed by atoms with E-state index in [9.17, 15) is 4.79 Å². The van der Waals surface area contributed by atoms with Gasteiger partial charge in [0.05, 0.1) is 6.54 Å². The summed E-state index contributed by atoms with van der Waals surface area (Å²) in [6, 6.07) is 3.87. The molecule has 1 heterocycles. The van der Waals surface area contributed by atoms with E-state index in [1.807, 2.05) is 26.1 Å². The smallest absolute Gasteiger partial charge is 0.222 e. The molecule has 0 atom stereocenters. The van der Waals surface area contributed by atoms with Crippen LogP contribution in [0.25, 0.3) is 0 Å². The molecule has 0 saturated heterocycles. The molecule has 3 nitrogen and oxygen atoms in total. The first-order chi connectivity index (χ1) is 8.15. The molecule has 0 spiro atoms. The highest BCUT2D eigenvalue weighted by molar-refractivity contribution is 5.76. The molecule has 94 valence electrons. The summed E-state index contributed by atoms with van der Waals surface area (Å²) in [4.78, 5) is 13.8. The zero-order chi connectivity index (χ0) is 12.3. The van der Waals surface area contributed by atoms with Crippen molar-refractivity contribution in [2.45, 2.75) is 45.6 Å². The van der Waals surface area contributed by atoms with Crippen molar-refractivity contribution >= 4 is 5.91 Å². The van der Waals surface area contributed by atoms with Crippen molar-refractivity contribution in [1.82, 2.24) is 4.90 Å². The molecule has 0 radical (unpaired) electrons. The minimum Gasteiger partial charge on any atom is -0.464 e. The third-order valence-electron chi connectivity index (χ3n) is 3.55. The molecule has 1 aromatic rings. The fourth-order valence-electron chi connectivity index (χ4n) is 2.51. The molecule has 0 aliphatic heterocycles. The molecule has 1 amide bonds. The van der Waals surface area contributed by atoms with Crippen LogP contribution < -0.4 is 0 Å². The van der Waals surface area contributed by atoms with Gasteiger partial charge in [-0.05, 0) is 37.8 Å². The molecule has 0 unspecified atom stereocenters. The van der Waals surface area contributed by atoms with Gasteiger partial charge in [-0.25, -0.2) is 0 Å². The first-order valence-electron chi connectivity index (χ1n) is 6.44. The predicted molar refractivity (Wildman–Crippen MR) is 66.5 cm³/mol. The van der Waals surface area contributed by atoms with Gasteiger partial charge in [-0.15, -0.1) is 0 Å². The Balaban J connectivity index is 1.82. The molecule has 1 aromatic heterocycles. The van der Waals surface area contributed by atoms with Gasteiger partial charge in [0, 0.05) is 13.5 Å². The maximum Gasteiger partial charge on any atom is 0.222 e. The number of carbonyl (C=O) groups excluding carboxylic acids is 1. The number of aryl methyl sites for hydroxylation is 1. The molecule has 0 bridgehead atoms. The molecular weight excluding hydrogens is 214 g/mol. The Morgan fingerprint density at radius 2 is 2.12 bits per heavy atom. The van der Waals surface area contributed by atoms with E-state index in [1.165, 1.54) is 25.7 Å². The molecule has 3 heteroatoms. The van der Waals surface area contributed by atoms with Gasteiger partial charge in [0.15, 0.2) is 0 Å². The van der Waals surface area contributed by atoms with Crippen LogP contribution >= 0.6 is 0 Å². The largest absolute Gasteiger partial charge is 0.464 e. The van der Waals surface area contributed by atoms with Crippen LogP contribution in [0.15, 0.2) is 16.5 Å². The highest BCUT2D eigenvalue weighted by atomic mass is 16.3. The van der Waals surface area contributed by atoms with E-state index >= 15 is 0 Å². The zero-order valence-electron chi connectivity index (χ0n) is 10.7. The fraction of sp³-hybridized carbons (Fsp3) is 0.643. The lowest BCUT2D eigenvalue weighted by molar-refractivity contribution is -0.131. The van der Waals surface area contributed by atoms with Gasteiger partial charge >= 0.3 is 0 Å². The van der Waals surface area contributed by atoms with Crippen molar-refractivity contribution in [3.8, 4) is 0 Å². The van der Waals surface area contributed by atoms with Gasteiger partial charge in [0.2, 0.25) is 5.91 Å². The van der Waals surface area contributed by atoms with Crippen molar-refractivity contribution in [2.75, 3.05) is 7.05 Å². The predicted octanol–water partition coefficient (Wildman–Crippen LogP) is 3.13. The van der Waals surface area contributed by atoms with E-state index in [0.29, 0.717) is 18.9 Å². The molecule has 2 rings (SSSR count). The lowest BCUT2D eigenvalue weighted by Gasteiger charge is -2.18. The van der Waals surface area contributed by atoms with Crippen molar-refractivity contribution in [2.24, 2.45) is 5.92 Å². The van der Waals surface area contributed by atoms with E-state index in [4.69, 9.17) is 4.42 Å². The number of nitrogens with zero attached hydrogens (tertiary/aromatic N) is 1.